The molecule has 4 aromatic carbocycles. The van der Waals surface area contributed by atoms with Crippen molar-refractivity contribution in [3.63, 3.8) is 0 Å². The molecule has 0 bridgehead atoms. The third-order valence-corrected chi connectivity index (χ3v) is 7.28. The van der Waals surface area contributed by atoms with Crippen LogP contribution < -0.4 is 9.62 Å². The van der Waals surface area contributed by atoms with Gasteiger partial charge in [-0.15, -0.1) is 0 Å². The summed E-state index contributed by atoms with van der Waals surface area (Å²) in [5.41, 5.74) is 8.84. The summed E-state index contributed by atoms with van der Waals surface area (Å²) in [5, 5.41) is 21.9. The van der Waals surface area contributed by atoms with Crippen LogP contribution in [0, 0.1) is 0 Å². The molecule has 8 nitrogen and oxygen atoms in total. The van der Waals surface area contributed by atoms with Gasteiger partial charge in [-0.1, -0.05) is 99.7 Å². The molecule has 0 saturated heterocycles. The van der Waals surface area contributed by atoms with Crippen molar-refractivity contribution < 1.29 is 39.3 Å². The highest BCUT2D eigenvalue weighted by atomic mass is 17.5. The van der Waals surface area contributed by atoms with Gasteiger partial charge in [-0.05, 0) is 86.7 Å². The lowest BCUT2D eigenvalue weighted by Gasteiger charge is -2.14. The third kappa shape index (κ3) is 12.6. The van der Waals surface area contributed by atoms with Crippen LogP contribution in [0.5, 0.6) is 11.5 Å². The van der Waals surface area contributed by atoms with E-state index in [2.05, 4.69) is 74.7 Å². The molecule has 0 atom stereocenters. The van der Waals surface area contributed by atoms with Gasteiger partial charge in [-0.3, -0.25) is 4.79 Å². The summed E-state index contributed by atoms with van der Waals surface area (Å²) in [6.45, 7) is 9.78. The summed E-state index contributed by atoms with van der Waals surface area (Å²) < 4.78 is 10.9. The zero-order valence-electron chi connectivity index (χ0n) is 27.9. The minimum Gasteiger partial charge on any atom is -0.491 e. The number of unbranched alkanes of at least 4 members (excludes halogenated alkanes) is 2. The van der Waals surface area contributed by atoms with Gasteiger partial charge in [0.2, 0.25) is 0 Å². The molecule has 0 aliphatic carbocycles. The number of hydrogen-bond donors (Lipinski definition) is 2. The van der Waals surface area contributed by atoms with Gasteiger partial charge in [0, 0.05) is 12.7 Å². The fourth-order valence-corrected chi connectivity index (χ4v) is 4.66. The van der Waals surface area contributed by atoms with E-state index in [-0.39, 0.29) is 25.4 Å². The molecule has 0 saturated carbocycles. The van der Waals surface area contributed by atoms with E-state index in [0.29, 0.717) is 30.8 Å². The second-order valence-electron chi connectivity index (χ2n) is 11.1. The van der Waals surface area contributed by atoms with Crippen molar-refractivity contribution >= 4 is 6.29 Å². The minimum atomic E-state index is -0.233. The molecule has 0 amide bonds. The number of hydrogen-bond acceptors (Lipinski definition) is 8. The van der Waals surface area contributed by atoms with Gasteiger partial charge in [0.25, 0.3) is 0 Å². The molecule has 4 rings (SSSR count). The number of carbonyl (C=O) groups excluding carboxylic acids is 1. The Morgan fingerprint density at radius 1 is 0.750 bits per heavy atom. The Labute approximate surface area is 283 Å². The average molecular weight is 655 g/mol. The second-order valence-corrected chi connectivity index (χ2v) is 11.1. The Hall–Kier alpha value is -4.57. The van der Waals surface area contributed by atoms with Crippen LogP contribution in [0.2, 0.25) is 0 Å². The van der Waals surface area contributed by atoms with E-state index in [4.69, 9.17) is 34.5 Å². The van der Waals surface area contributed by atoms with Gasteiger partial charge in [0.15, 0.2) is 5.75 Å². The van der Waals surface area contributed by atoms with E-state index < -0.39 is 0 Å². The zero-order chi connectivity index (χ0) is 34.6. The first kappa shape index (κ1) is 37.9. The van der Waals surface area contributed by atoms with Crippen LogP contribution in [0.1, 0.15) is 31.7 Å². The monoisotopic (exact) mass is 654 g/mol. The molecule has 254 valence electrons. The van der Waals surface area contributed by atoms with Crippen LogP contribution in [0.4, 0.5) is 0 Å². The molecule has 0 aromatic heterocycles. The largest absolute Gasteiger partial charge is 0.491 e. The highest BCUT2D eigenvalue weighted by molar-refractivity contribution is 5.76. The third-order valence-electron chi connectivity index (χ3n) is 7.28. The molecular formula is C40H46O8. The van der Waals surface area contributed by atoms with Crippen molar-refractivity contribution in [2.24, 2.45) is 0 Å². The Balaban J connectivity index is 0.000000952. The predicted octanol–water partition coefficient (Wildman–Crippen LogP) is 7.97. The summed E-state index contributed by atoms with van der Waals surface area (Å²) in [5.74, 6) is 1.35. The SMILES string of the molecule is C=C(C=O)CO.C=C(CO)COOOc1cccc(-c2ccc(-c3ccc(-c4cccc(OCCOC)c4)cc3)c(CCCCC)c2)c1. The van der Waals surface area contributed by atoms with Gasteiger partial charge >= 0.3 is 0 Å². The maximum absolute atomic E-state index is 9.48. The molecule has 0 heterocycles. The zero-order valence-corrected chi connectivity index (χ0v) is 27.9. The first-order chi connectivity index (χ1) is 23.4. The molecule has 0 aliphatic rings. The fourth-order valence-electron chi connectivity index (χ4n) is 4.66. The van der Waals surface area contributed by atoms with E-state index in [1.54, 1.807) is 13.2 Å². The van der Waals surface area contributed by atoms with Crippen LogP contribution in [-0.2, 0) is 25.9 Å². The van der Waals surface area contributed by atoms with Crippen LogP contribution in [0.25, 0.3) is 33.4 Å². The maximum atomic E-state index is 9.48. The Kier molecular flexibility index (Phi) is 16.8. The number of aliphatic hydroxyl groups is 2. The van der Waals surface area contributed by atoms with Gasteiger partial charge in [-0.25, -0.2) is 0 Å². The molecule has 4 aromatic rings. The van der Waals surface area contributed by atoms with Crippen molar-refractivity contribution in [2.45, 2.75) is 32.6 Å². The first-order valence-electron chi connectivity index (χ1n) is 16.0. The lowest BCUT2D eigenvalue weighted by Crippen LogP contribution is -2.04. The molecule has 0 unspecified atom stereocenters. The topological polar surface area (TPSA) is 104 Å². The Morgan fingerprint density at radius 2 is 1.40 bits per heavy atom. The van der Waals surface area contributed by atoms with Crippen molar-refractivity contribution in [3.8, 4) is 44.9 Å². The highest BCUT2D eigenvalue weighted by Crippen LogP contribution is 2.33. The minimum absolute atomic E-state index is 0.0510. The van der Waals surface area contributed by atoms with E-state index in [1.165, 1.54) is 29.5 Å². The fraction of sp³-hybridized carbons (Fsp3) is 0.275. The average Bonchev–Trinajstić information content (AvgIpc) is 3.13. The summed E-state index contributed by atoms with van der Waals surface area (Å²) in [7, 11) is 1.67. The number of rotatable bonds is 19. The summed E-state index contributed by atoms with van der Waals surface area (Å²) in [4.78, 5) is 19.7. The summed E-state index contributed by atoms with van der Waals surface area (Å²) >= 11 is 0. The van der Waals surface area contributed by atoms with Crippen molar-refractivity contribution in [1.82, 2.24) is 0 Å². The lowest BCUT2D eigenvalue weighted by molar-refractivity contribution is -0.462. The number of aryl methyl sites for hydroxylation is 1. The molecule has 48 heavy (non-hydrogen) atoms. The van der Waals surface area contributed by atoms with Gasteiger partial charge < -0.3 is 24.6 Å². The van der Waals surface area contributed by atoms with Crippen LogP contribution in [0.15, 0.2) is 115 Å². The van der Waals surface area contributed by atoms with Crippen LogP contribution in [-0.4, -0.2) is 56.6 Å². The molecule has 0 aliphatic heterocycles. The number of methoxy groups -OCH3 is 1. The van der Waals surface area contributed by atoms with E-state index in [1.807, 2.05) is 30.3 Å². The van der Waals surface area contributed by atoms with Gasteiger partial charge in [0.05, 0.1) is 19.8 Å². The van der Waals surface area contributed by atoms with Gasteiger partial charge in [0.1, 0.15) is 25.2 Å². The lowest BCUT2D eigenvalue weighted by atomic mass is 9.91. The van der Waals surface area contributed by atoms with Gasteiger partial charge in [-0.2, -0.15) is 4.89 Å². The summed E-state index contributed by atoms with van der Waals surface area (Å²) in [6, 6.07) is 31.2. The van der Waals surface area contributed by atoms with Crippen molar-refractivity contribution in [3.05, 3.63) is 121 Å². The quantitative estimate of drug-likeness (QED) is 0.0262. The van der Waals surface area contributed by atoms with Crippen molar-refractivity contribution in [1.29, 1.82) is 0 Å². The number of aliphatic hydroxyl groups excluding tert-OH is 2. The Bertz CT molecular complexity index is 1580. The second kappa shape index (κ2) is 21.3. The number of carbonyl (C=O) groups is 1. The van der Waals surface area contributed by atoms with E-state index >= 15 is 0 Å². The van der Waals surface area contributed by atoms with Crippen LogP contribution in [0.3, 0.4) is 0 Å². The molecule has 2 N–H and O–H groups in total. The van der Waals surface area contributed by atoms with Crippen molar-refractivity contribution in [2.75, 3.05) is 40.1 Å². The number of ether oxygens (including phenoxy) is 2. The maximum Gasteiger partial charge on any atom is 0.169 e. The molecule has 0 radical (unpaired) electrons. The predicted molar refractivity (Wildman–Crippen MR) is 190 cm³/mol. The number of aldehydes is 1. The molecule has 8 heteroatoms. The smallest absolute Gasteiger partial charge is 0.169 e. The van der Waals surface area contributed by atoms with E-state index in [0.717, 1.165) is 40.8 Å². The first-order valence-corrected chi connectivity index (χ1v) is 16.0. The molecule has 0 fully saturated rings. The highest BCUT2D eigenvalue weighted by Gasteiger charge is 2.10. The standard InChI is InChI=1S/C36H40O6.C4H6O2/c1-4-5-6-9-33-22-32(31-11-8-13-35(24-31)41-42-40-26-27(2)25-37)18-19-36(33)29-16-14-28(15-17-29)30-10-7-12-34(23-30)39-21-20-38-3;1-4(2-5)3-6/h7-8,10-19,22-24,37H,2,4-6,9,20-21,25-26H2,1,3H3;2,6H,1,3H2. The summed E-state index contributed by atoms with van der Waals surface area (Å²) in [6.07, 6.45) is 5.02. The number of benzene rings is 4. The molecular weight excluding hydrogens is 608 g/mol. The van der Waals surface area contributed by atoms with E-state index in [9.17, 15) is 4.79 Å². The Morgan fingerprint density at radius 3 is 2.04 bits per heavy atom. The normalized spacial score (nSPS) is 10.5. The van der Waals surface area contributed by atoms with Crippen LogP contribution >= 0.6 is 0 Å². The molecule has 0 spiro atoms.